The molecule has 8 heteroatoms. The molecule has 0 fully saturated rings. The van der Waals surface area contributed by atoms with E-state index in [9.17, 15) is 4.79 Å². The van der Waals surface area contributed by atoms with Crippen molar-refractivity contribution in [2.24, 2.45) is 0 Å². The minimum atomic E-state index is -0.0499. The van der Waals surface area contributed by atoms with Crippen molar-refractivity contribution in [3.63, 3.8) is 0 Å². The Balaban J connectivity index is 0.00000243. The van der Waals surface area contributed by atoms with Gasteiger partial charge in [-0.2, -0.15) is 5.10 Å². The van der Waals surface area contributed by atoms with Gasteiger partial charge in [0.2, 0.25) is 0 Å². The van der Waals surface area contributed by atoms with Gasteiger partial charge >= 0.3 is 0 Å². The highest BCUT2D eigenvalue weighted by atomic mass is 35.5. The maximum Gasteiger partial charge on any atom is 0.266 e. The van der Waals surface area contributed by atoms with Gasteiger partial charge < -0.3 is 9.47 Å². The van der Waals surface area contributed by atoms with E-state index in [0.29, 0.717) is 6.54 Å². The van der Waals surface area contributed by atoms with E-state index in [1.54, 1.807) is 28.3 Å². The molecule has 140 valence electrons. The number of thiophene rings is 1. The highest BCUT2D eigenvalue weighted by molar-refractivity contribution is 7.15. The molecular weight excluding hydrogens is 370 g/mol. The molecule has 0 aliphatic rings. The Kier molecular flexibility index (Phi) is 7.56. The normalized spacial score (nSPS) is 10.9. The monoisotopic (exact) mass is 393 g/mol. The molecule has 0 N–H and O–H groups in total. The maximum atomic E-state index is 12.1. The number of imidazole rings is 1. The fourth-order valence-electron chi connectivity index (χ4n) is 2.68. The molecule has 3 heterocycles. The van der Waals surface area contributed by atoms with Crippen molar-refractivity contribution in [3.8, 4) is 10.6 Å². The van der Waals surface area contributed by atoms with E-state index in [4.69, 9.17) is 0 Å². The summed E-state index contributed by atoms with van der Waals surface area (Å²) in [7, 11) is 0. The lowest BCUT2D eigenvalue weighted by atomic mass is 10.3. The van der Waals surface area contributed by atoms with Gasteiger partial charge in [-0.3, -0.25) is 4.79 Å². The number of aromatic nitrogens is 4. The van der Waals surface area contributed by atoms with E-state index < -0.39 is 0 Å². The zero-order chi connectivity index (χ0) is 17.6. The number of hydrogen-bond acceptors (Lipinski definition) is 5. The van der Waals surface area contributed by atoms with Gasteiger partial charge in [0.25, 0.3) is 5.56 Å². The fourth-order valence-corrected chi connectivity index (χ4v) is 3.66. The lowest BCUT2D eigenvalue weighted by Crippen LogP contribution is -2.31. The first-order valence-corrected chi connectivity index (χ1v) is 9.36. The van der Waals surface area contributed by atoms with Crippen LogP contribution in [-0.4, -0.2) is 43.9 Å². The molecule has 0 unspecified atom stereocenters. The Morgan fingerprint density at radius 3 is 2.65 bits per heavy atom. The molecule has 0 spiro atoms. The van der Waals surface area contributed by atoms with Crippen LogP contribution in [0.25, 0.3) is 10.6 Å². The third kappa shape index (κ3) is 5.03. The second kappa shape index (κ2) is 9.66. The summed E-state index contributed by atoms with van der Waals surface area (Å²) in [4.78, 5) is 20.7. The Morgan fingerprint density at radius 2 is 1.96 bits per heavy atom. The number of rotatable bonds is 8. The molecule has 3 aromatic heterocycles. The minimum Gasteiger partial charge on any atom is -0.332 e. The van der Waals surface area contributed by atoms with Crippen molar-refractivity contribution in [1.29, 1.82) is 0 Å². The lowest BCUT2D eigenvalue weighted by Gasteiger charge is -2.18. The zero-order valence-corrected chi connectivity index (χ0v) is 16.7. The van der Waals surface area contributed by atoms with E-state index in [0.717, 1.165) is 36.8 Å². The highest BCUT2D eigenvalue weighted by Gasteiger charge is 2.08. The Morgan fingerprint density at radius 1 is 1.15 bits per heavy atom. The van der Waals surface area contributed by atoms with Crippen LogP contribution < -0.4 is 5.56 Å². The quantitative estimate of drug-likeness (QED) is 0.590. The Labute approximate surface area is 163 Å². The predicted octanol–water partition coefficient (Wildman–Crippen LogP) is 2.98. The van der Waals surface area contributed by atoms with Crippen LogP contribution >= 0.6 is 23.7 Å². The van der Waals surface area contributed by atoms with E-state index in [-0.39, 0.29) is 18.0 Å². The molecule has 0 aliphatic heterocycles. The molecule has 0 aliphatic carbocycles. The molecule has 0 saturated carbocycles. The first-order chi connectivity index (χ1) is 12.2. The molecule has 3 rings (SSSR count). The van der Waals surface area contributed by atoms with Crippen LogP contribution in [0, 0.1) is 0 Å². The predicted molar refractivity (Wildman–Crippen MR) is 108 cm³/mol. The lowest BCUT2D eigenvalue weighted by molar-refractivity contribution is 0.283. The van der Waals surface area contributed by atoms with Gasteiger partial charge in [0.15, 0.2) is 0 Å². The third-order valence-electron chi connectivity index (χ3n) is 4.20. The summed E-state index contributed by atoms with van der Waals surface area (Å²) in [5.74, 6) is 0. The number of likely N-dealkylation sites (N-methyl/N-ethyl adjacent to an activating group) is 1. The van der Waals surface area contributed by atoms with Gasteiger partial charge in [-0.15, -0.1) is 23.7 Å². The maximum absolute atomic E-state index is 12.1. The summed E-state index contributed by atoms with van der Waals surface area (Å²) in [6.45, 7) is 8.46. The summed E-state index contributed by atoms with van der Waals surface area (Å²) < 4.78 is 3.61. The Hall–Kier alpha value is -1.96. The summed E-state index contributed by atoms with van der Waals surface area (Å²) in [5, 5.41) is 4.56. The molecule has 0 saturated heterocycles. The van der Waals surface area contributed by atoms with Crippen LogP contribution in [0.3, 0.4) is 0 Å². The van der Waals surface area contributed by atoms with Crippen molar-refractivity contribution in [2.75, 3.05) is 19.6 Å². The first-order valence-electron chi connectivity index (χ1n) is 8.55. The number of nitrogens with zero attached hydrogens (tertiary/aromatic N) is 5. The van der Waals surface area contributed by atoms with Gasteiger partial charge in [0.1, 0.15) is 5.69 Å². The van der Waals surface area contributed by atoms with Crippen molar-refractivity contribution in [3.05, 3.63) is 58.2 Å². The molecule has 0 amide bonds. The van der Waals surface area contributed by atoms with Crippen molar-refractivity contribution < 1.29 is 0 Å². The summed E-state index contributed by atoms with van der Waals surface area (Å²) in [5.41, 5.74) is 0.798. The van der Waals surface area contributed by atoms with Gasteiger partial charge in [-0.1, -0.05) is 13.8 Å². The fraction of sp³-hybridized carbons (Fsp3) is 0.389. The first kappa shape index (κ1) is 20.4. The van der Waals surface area contributed by atoms with Crippen LogP contribution in [0.15, 0.2) is 47.8 Å². The van der Waals surface area contributed by atoms with Crippen molar-refractivity contribution in [2.45, 2.75) is 26.9 Å². The van der Waals surface area contributed by atoms with Crippen LogP contribution in [0.2, 0.25) is 0 Å². The van der Waals surface area contributed by atoms with Crippen molar-refractivity contribution in [1.82, 2.24) is 24.2 Å². The van der Waals surface area contributed by atoms with E-state index in [1.165, 1.54) is 4.88 Å². The van der Waals surface area contributed by atoms with Crippen LogP contribution in [0.1, 0.15) is 18.7 Å². The van der Waals surface area contributed by atoms with Gasteiger partial charge in [-0.05, 0) is 31.3 Å². The zero-order valence-electron chi connectivity index (χ0n) is 15.0. The minimum absolute atomic E-state index is 0. The average molecular weight is 394 g/mol. The molecule has 0 bridgehead atoms. The SMILES string of the molecule is CCN(CC)CCn1nc(-c2ccc(Cn3ccnc3)s2)ccc1=O.Cl. The second-order valence-electron chi connectivity index (χ2n) is 5.81. The number of halogens is 1. The standard InChI is InChI=1S/C18H23N5OS.ClH/c1-3-21(4-2)11-12-23-18(24)8-6-16(20-23)17-7-5-15(25-17)13-22-10-9-19-14-22;/h5-10,14H,3-4,11-13H2,1-2H3;1H. The molecule has 0 aromatic carbocycles. The van der Waals surface area contributed by atoms with Crippen LogP contribution in [0.5, 0.6) is 0 Å². The largest absolute Gasteiger partial charge is 0.332 e. The van der Waals surface area contributed by atoms with Crippen LogP contribution in [-0.2, 0) is 13.1 Å². The highest BCUT2D eigenvalue weighted by Crippen LogP contribution is 2.26. The van der Waals surface area contributed by atoms with E-state index in [1.807, 2.05) is 23.2 Å². The van der Waals surface area contributed by atoms with Crippen molar-refractivity contribution >= 4 is 23.7 Å². The average Bonchev–Trinajstić information content (AvgIpc) is 3.30. The molecule has 6 nitrogen and oxygen atoms in total. The van der Waals surface area contributed by atoms with E-state index in [2.05, 4.69) is 41.0 Å². The van der Waals surface area contributed by atoms with Gasteiger partial charge in [0, 0.05) is 29.9 Å². The second-order valence-corrected chi connectivity index (χ2v) is 6.98. The molecule has 3 aromatic rings. The smallest absolute Gasteiger partial charge is 0.266 e. The van der Waals surface area contributed by atoms with Gasteiger partial charge in [0.05, 0.1) is 24.3 Å². The number of hydrogen-bond donors (Lipinski definition) is 0. The topological polar surface area (TPSA) is 56.0 Å². The Bertz CT molecular complexity index is 855. The van der Waals surface area contributed by atoms with Gasteiger partial charge in [-0.25, -0.2) is 9.67 Å². The summed E-state index contributed by atoms with van der Waals surface area (Å²) in [6, 6.07) is 7.59. The molecule has 0 radical (unpaired) electrons. The molecule has 0 atom stereocenters. The van der Waals surface area contributed by atoms with E-state index >= 15 is 0 Å². The molecule has 26 heavy (non-hydrogen) atoms. The summed E-state index contributed by atoms with van der Waals surface area (Å²) >= 11 is 1.70. The van der Waals surface area contributed by atoms with Crippen LogP contribution in [0.4, 0.5) is 0 Å². The molecular formula is C18H24ClN5OS. The third-order valence-corrected chi connectivity index (χ3v) is 5.29. The summed E-state index contributed by atoms with van der Waals surface area (Å²) in [6.07, 6.45) is 5.54.